The molecule has 0 aliphatic carbocycles. The van der Waals surface area contributed by atoms with Gasteiger partial charge in [-0.05, 0) is 12.8 Å². The summed E-state index contributed by atoms with van der Waals surface area (Å²) in [7, 11) is -3.99. The Morgan fingerprint density at radius 3 is 2.25 bits per heavy atom. The molecule has 0 atom stereocenters. The van der Waals surface area contributed by atoms with Crippen molar-refractivity contribution in [2.24, 2.45) is 0 Å². The first-order valence-electron chi connectivity index (χ1n) is 4.80. The first-order valence-corrected chi connectivity index (χ1v) is 6.38. The van der Waals surface area contributed by atoms with E-state index in [0.717, 1.165) is 0 Å². The first-order chi connectivity index (χ1) is 7.46. The summed E-state index contributed by atoms with van der Waals surface area (Å²) in [6.45, 7) is -0.614. The third-order valence-corrected chi connectivity index (χ3v) is 3.14. The average Bonchev–Trinajstić information content (AvgIpc) is 2.49. The van der Waals surface area contributed by atoms with E-state index in [2.05, 4.69) is 4.28 Å². The predicted molar refractivity (Wildman–Crippen MR) is 51.2 cm³/mol. The van der Waals surface area contributed by atoms with E-state index >= 15 is 0 Å². The Morgan fingerprint density at radius 1 is 1.19 bits per heavy atom. The van der Waals surface area contributed by atoms with Crippen LogP contribution in [0.25, 0.3) is 0 Å². The van der Waals surface area contributed by atoms with Crippen molar-refractivity contribution in [1.29, 1.82) is 0 Å². The molecule has 0 unspecified atom stereocenters. The van der Waals surface area contributed by atoms with E-state index in [-0.39, 0.29) is 30.7 Å². The maximum Gasteiger partial charge on any atom is 0.288 e. The van der Waals surface area contributed by atoms with E-state index in [1.165, 1.54) is 0 Å². The Balaban J connectivity index is 2.52. The highest BCUT2D eigenvalue weighted by atomic mass is 32.2. The van der Waals surface area contributed by atoms with Crippen molar-refractivity contribution < 1.29 is 26.7 Å². The van der Waals surface area contributed by atoms with Gasteiger partial charge in [-0.25, -0.2) is 0 Å². The highest BCUT2D eigenvalue weighted by molar-refractivity contribution is 7.86. The fourth-order valence-corrected chi connectivity index (χ4v) is 2.19. The van der Waals surface area contributed by atoms with Gasteiger partial charge in [0.2, 0.25) is 0 Å². The number of carbonyl (C=O) groups is 2. The second-order valence-electron chi connectivity index (χ2n) is 3.31. The van der Waals surface area contributed by atoms with Crippen molar-refractivity contribution in [2.75, 3.05) is 12.4 Å². The van der Waals surface area contributed by atoms with Gasteiger partial charge in [-0.2, -0.15) is 8.42 Å². The summed E-state index contributed by atoms with van der Waals surface area (Å²) >= 11 is 0. The van der Waals surface area contributed by atoms with Gasteiger partial charge < -0.3 is 0 Å². The summed E-state index contributed by atoms with van der Waals surface area (Å²) in [5, 5.41) is 0.269. The summed E-state index contributed by atoms with van der Waals surface area (Å²) in [6.07, 6.45) is 0.108. The number of carbonyl (C=O) groups excluding carboxylic acids is 2. The van der Waals surface area contributed by atoms with Crippen LogP contribution in [0.3, 0.4) is 0 Å². The fourth-order valence-electron chi connectivity index (χ4n) is 1.16. The molecular weight excluding hydrogens is 241 g/mol. The van der Waals surface area contributed by atoms with Gasteiger partial charge in [0, 0.05) is 12.8 Å². The second kappa shape index (κ2) is 5.35. The van der Waals surface area contributed by atoms with E-state index < -0.39 is 34.4 Å². The Hall–Kier alpha value is -1.02. The maximum atomic E-state index is 11.7. The van der Waals surface area contributed by atoms with Crippen LogP contribution in [0, 0.1) is 0 Å². The molecule has 0 aromatic carbocycles. The zero-order valence-electron chi connectivity index (χ0n) is 8.52. The van der Waals surface area contributed by atoms with Crippen LogP contribution in [0.4, 0.5) is 4.39 Å². The standard InChI is InChI=1S/C8H12FNO5S/c9-5-1-2-6-16(13,14)15-10-7(11)3-4-8(10)12/h1-6H2. The van der Waals surface area contributed by atoms with E-state index in [1.807, 2.05) is 0 Å². The molecular formula is C8H12FNO5S. The van der Waals surface area contributed by atoms with Crippen molar-refractivity contribution in [3.8, 4) is 0 Å². The molecule has 0 saturated carbocycles. The van der Waals surface area contributed by atoms with Crippen molar-refractivity contribution in [3.05, 3.63) is 0 Å². The quantitative estimate of drug-likeness (QED) is 0.497. The van der Waals surface area contributed by atoms with Gasteiger partial charge in [-0.3, -0.25) is 14.0 Å². The Bertz CT molecular complexity index is 364. The average molecular weight is 253 g/mol. The predicted octanol–water partition coefficient (Wildman–Crippen LogP) is 0.146. The molecule has 1 aliphatic heterocycles. The van der Waals surface area contributed by atoms with E-state index in [4.69, 9.17) is 0 Å². The molecule has 1 saturated heterocycles. The number of nitrogens with zero attached hydrogens (tertiary/aromatic N) is 1. The third kappa shape index (κ3) is 3.53. The van der Waals surface area contributed by atoms with E-state index in [0.29, 0.717) is 0 Å². The molecule has 0 spiro atoms. The molecule has 16 heavy (non-hydrogen) atoms. The zero-order chi connectivity index (χ0) is 12.2. The van der Waals surface area contributed by atoms with Gasteiger partial charge in [0.25, 0.3) is 21.9 Å². The van der Waals surface area contributed by atoms with Crippen molar-refractivity contribution in [2.45, 2.75) is 25.7 Å². The lowest BCUT2D eigenvalue weighted by Crippen LogP contribution is -2.33. The molecule has 2 amide bonds. The van der Waals surface area contributed by atoms with Gasteiger partial charge >= 0.3 is 0 Å². The SMILES string of the molecule is O=C1CCC(=O)N1OS(=O)(=O)CCCCF. The molecule has 8 heteroatoms. The van der Waals surface area contributed by atoms with Crippen molar-refractivity contribution >= 4 is 21.9 Å². The fraction of sp³-hybridized carbons (Fsp3) is 0.750. The Morgan fingerprint density at radius 2 is 1.75 bits per heavy atom. The minimum absolute atomic E-state index is 0.0428. The molecule has 0 radical (unpaired) electrons. The number of halogens is 1. The number of hydrogen-bond acceptors (Lipinski definition) is 5. The molecule has 92 valence electrons. The lowest BCUT2D eigenvalue weighted by molar-refractivity contribution is -0.163. The maximum absolute atomic E-state index is 11.7. The molecule has 1 aliphatic rings. The topological polar surface area (TPSA) is 80.8 Å². The van der Waals surface area contributed by atoms with Crippen LogP contribution in [0.15, 0.2) is 0 Å². The van der Waals surface area contributed by atoms with Crippen LogP contribution >= 0.6 is 0 Å². The summed E-state index contributed by atoms with van der Waals surface area (Å²) in [5.74, 6) is -1.74. The van der Waals surface area contributed by atoms with Crippen LogP contribution < -0.4 is 0 Å². The second-order valence-corrected chi connectivity index (χ2v) is 4.99. The minimum atomic E-state index is -3.99. The molecule has 1 heterocycles. The molecule has 6 nitrogen and oxygen atoms in total. The lowest BCUT2D eigenvalue weighted by atomic mass is 10.4. The number of hydroxylamine groups is 2. The Kier molecular flexibility index (Phi) is 4.36. The monoisotopic (exact) mass is 253 g/mol. The highest BCUT2D eigenvalue weighted by Gasteiger charge is 2.34. The molecule has 1 fully saturated rings. The largest absolute Gasteiger partial charge is 0.288 e. The van der Waals surface area contributed by atoms with Crippen LogP contribution in [0.2, 0.25) is 0 Å². The first kappa shape index (κ1) is 13.0. The van der Waals surface area contributed by atoms with Gasteiger partial charge in [0.15, 0.2) is 0 Å². The zero-order valence-corrected chi connectivity index (χ0v) is 9.33. The van der Waals surface area contributed by atoms with E-state index in [9.17, 15) is 22.4 Å². The Labute approximate surface area is 92.4 Å². The van der Waals surface area contributed by atoms with Crippen LogP contribution in [-0.2, 0) is 24.0 Å². The van der Waals surface area contributed by atoms with Gasteiger partial charge in [0.1, 0.15) is 0 Å². The number of amides is 2. The van der Waals surface area contributed by atoms with E-state index in [1.54, 1.807) is 0 Å². The van der Waals surface area contributed by atoms with Crippen molar-refractivity contribution in [1.82, 2.24) is 5.06 Å². The summed E-state index contributed by atoms with van der Waals surface area (Å²) in [4.78, 5) is 22.1. The minimum Gasteiger partial charge on any atom is -0.272 e. The summed E-state index contributed by atoms with van der Waals surface area (Å²) < 4.78 is 38.6. The smallest absolute Gasteiger partial charge is 0.272 e. The summed E-state index contributed by atoms with van der Waals surface area (Å²) in [6, 6.07) is 0. The van der Waals surface area contributed by atoms with Crippen LogP contribution in [0.1, 0.15) is 25.7 Å². The molecule has 1 rings (SSSR count). The van der Waals surface area contributed by atoms with Crippen LogP contribution in [-0.4, -0.2) is 37.7 Å². The summed E-state index contributed by atoms with van der Waals surface area (Å²) in [5.41, 5.74) is 0. The third-order valence-electron chi connectivity index (χ3n) is 1.97. The number of imide groups is 1. The number of rotatable bonds is 6. The van der Waals surface area contributed by atoms with Crippen LogP contribution in [0.5, 0.6) is 0 Å². The lowest BCUT2D eigenvalue weighted by Gasteiger charge is -2.12. The molecule has 0 N–H and O–H groups in total. The molecule has 0 aromatic heterocycles. The van der Waals surface area contributed by atoms with Gasteiger partial charge in [0.05, 0.1) is 12.4 Å². The molecule has 0 aromatic rings. The number of unbranched alkanes of at least 4 members (excludes halogenated alkanes) is 1. The van der Waals surface area contributed by atoms with Gasteiger partial charge in [-0.1, -0.05) is 0 Å². The normalized spacial score (nSPS) is 17.2. The van der Waals surface area contributed by atoms with Crippen molar-refractivity contribution in [3.63, 3.8) is 0 Å². The number of alkyl halides is 1. The molecule has 0 bridgehead atoms. The number of hydrogen-bond donors (Lipinski definition) is 0. The van der Waals surface area contributed by atoms with Gasteiger partial charge in [-0.15, -0.1) is 9.35 Å². The highest BCUT2D eigenvalue weighted by Crippen LogP contribution is 2.15.